The molecule has 2 amide bonds. The lowest BCUT2D eigenvalue weighted by molar-refractivity contribution is -0.129. The zero-order valence-electron chi connectivity index (χ0n) is 13.1. The summed E-state index contributed by atoms with van der Waals surface area (Å²) in [6.45, 7) is 4.72. The van der Waals surface area contributed by atoms with Crippen LogP contribution in [0, 0.1) is 5.92 Å². The van der Waals surface area contributed by atoms with Crippen LogP contribution in [0.3, 0.4) is 0 Å². The van der Waals surface area contributed by atoms with Crippen molar-refractivity contribution < 1.29 is 9.59 Å². The fraction of sp³-hybridized carbons (Fsp3) is 0.867. The van der Waals surface area contributed by atoms with Gasteiger partial charge in [-0.05, 0) is 51.1 Å². The molecule has 2 aliphatic rings. The van der Waals surface area contributed by atoms with Gasteiger partial charge in [0.1, 0.15) is 0 Å². The Morgan fingerprint density at radius 1 is 1.18 bits per heavy atom. The summed E-state index contributed by atoms with van der Waals surface area (Å²) in [7, 11) is 0. The molecule has 0 spiro atoms. The van der Waals surface area contributed by atoms with E-state index >= 15 is 0 Å². The Morgan fingerprint density at radius 3 is 2.64 bits per heavy atom. The maximum absolute atomic E-state index is 11.9. The van der Waals surface area contributed by atoms with Crippen LogP contribution in [-0.4, -0.2) is 60.9 Å². The molecule has 2 fully saturated rings. The van der Waals surface area contributed by atoms with E-state index in [2.05, 4.69) is 10.6 Å². The van der Waals surface area contributed by atoms with Crippen LogP contribution in [-0.2, 0) is 9.59 Å². The molecule has 0 aromatic rings. The molecule has 7 heteroatoms. The molecule has 2 N–H and O–H groups in total. The van der Waals surface area contributed by atoms with Crippen molar-refractivity contribution in [3.8, 4) is 0 Å². The van der Waals surface area contributed by atoms with Crippen LogP contribution in [0.2, 0.25) is 0 Å². The van der Waals surface area contributed by atoms with Crippen LogP contribution in [0.25, 0.3) is 0 Å². The van der Waals surface area contributed by atoms with Gasteiger partial charge in [-0.3, -0.25) is 9.59 Å². The summed E-state index contributed by atoms with van der Waals surface area (Å²) in [6, 6.07) is 0. The third-order valence-corrected chi connectivity index (χ3v) is 5.12. The number of piperidine rings is 1. The van der Waals surface area contributed by atoms with Crippen LogP contribution < -0.4 is 10.6 Å². The molecule has 0 radical (unpaired) electrons. The number of nitrogens with zero attached hydrogens (tertiary/aromatic N) is 1. The smallest absolute Gasteiger partial charge is 0.232 e. The van der Waals surface area contributed by atoms with Crippen LogP contribution >= 0.6 is 24.2 Å². The zero-order chi connectivity index (χ0) is 14.9. The number of hydrogen-bond donors (Lipinski definition) is 2. The third kappa shape index (κ3) is 7.20. The first-order valence-corrected chi connectivity index (χ1v) is 9.24. The average Bonchev–Trinajstić information content (AvgIpc) is 3.01. The number of carbonyl (C=O) groups is 2. The first kappa shape index (κ1) is 19.6. The fourth-order valence-corrected chi connectivity index (χ4v) is 3.64. The fourth-order valence-electron chi connectivity index (χ4n) is 2.89. The molecule has 2 aliphatic heterocycles. The molecule has 2 heterocycles. The minimum absolute atomic E-state index is 0. The Balaban J connectivity index is 0.00000242. The van der Waals surface area contributed by atoms with Crippen molar-refractivity contribution >= 4 is 36.0 Å². The Hall–Kier alpha value is -0.460. The number of likely N-dealkylation sites (tertiary alicyclic amines) is 1. The lowest BCUT2D eigenvalue weighted by atomic mass is 10.1. The van der Waals surface area contributed by atoms with Crippen molar-refractivity contribution in [2.45, 2.75) is 32.1 Å². The van der Waals surface area contributed by atoms with Crippen LogP contribution in [0.15, 0.2) is 0 Å². The van der Waals surface area contributed by atoms with Crippen LogP contribution in [0.4, 0.5) is 0 Å². The van der Waals surface area contributed by atoms with E-state index in [9.17, 15) is 9.59 Å². The first-order valence-electron chi connectivity index (χ1n) is 8.08. The highest BCUT2D eigenvalue weighted by atomic mass is 35.5. The van der Waals surface area contributed by atoms with E-state index in [4.69, 9.17) is 0 Å². The van der Waals surface area contributed by atoms with Gasteiger partial charge in [0.2, 0.25) is 11.8 Å². The predicted molar refractivity (Wildman–Crippen MR) is 93.6 cm³/mol. The summed E-state index contributed by atoms with van der Waals surface area (Å²) >= 11 is 1.43. The van der Waals surface area contributed by atoms with Gasteiger partial charge in [0.25, 0.3) is 0 Å². The highest BCUT2D eigenvalue weighted by molar-refractivity contribution is 8.00. The van der Waals surface area contributed by atoms with E-state index in [1.807, 2.05) is 4.90 Å². The monoisotopic (exact) mass is 349 g/mol. The molecule has 0 aromatic carbocycles. The summed E-state index contributed by atoms with van der Waals surface area (Å²) in [5.41, 5.74) is 0. The summed E-state index contributed by atoms with van der Waals surface area (Å²) < 4.78 is 0. The quantitative estimate of drug-likeness (QED) is 0.726. The van der Waals surface area contributed by atoms with Gasteiger partial charge in [-0.15, -0.1) is 24.2 Å². The summed E-state index contributed by atoms with van der Waals surface area (Å²) in [5.74, 6) is 1.77. The maximum atomic E-state index is 11.9. The summed E-state index contributed by atoms with van der Waals surface area (Å²) in [5, 5.41) is 6.28. The molecule has 5 nitrogen and oxygen atoms in total. The van der Waals surface area contributed by atoms with Gasteiger partial charge in [0.15, 0.2) is 0 Å². The number of nitrogens with one attached hydrogen (secondary N) is 2. The maximum Gasteiger partial charge on any atom is 0.232 e. The van der Waals surface area contributed by atoms with Gasteiger partial charge in [-0.1, -0.05) is 0 Å². The molecule has 1 atom stereocenters. The number of amides is 2. The number of hydrogen-bond acceptors (Lipinski definition) is 4. The van der Waals surface area contributed by atoms with E-state index < -0.39 is 0 Å². The molecule has 1 unspecified atom stereocenters. The molecular weight excluding hydrogens is 322 g/mol. The summed E-state index contributed by atoms with van der Waals surface area (Å²) in [4.78, 5) is 25.6. The second-order valence-corrected chi connectivity index (χ2v) is 6.92. The van der Waals surface area contributed by atoms with Crippen LogP contribution in [0.5, 0.6) is 0 Å². The van der Waals surface area contributed by atoms with Crippen LogP contribution in [0.1, 0.15) is 32.1 Å². The number of carbonyl (C=O) groups excluding carboxylic acids is 2. The average molecular weight is 350 g/mol. The third-order valence-electron chi connectivity index (χ3n) is 4.20. The molecule has 0 aliphatic carbocycles. The highest BCUT2D eigenvalue weighted by Crippen LogP contribution is 2.12. The highest BCUT2D eigenvalue weighted by Gasteiger charge is 2.17. The SMILES string of the molecule is Cl.O=C(CSCC(=O)N1CCCCC1)NCCC1CCNC1. The van der Waals surface area contributed by atoms with Crippen molar-refractivity contribution in [2.75, 3.05) is 44.2 Å². The largest absolute Gasteiger partial charge is 0.355 e. The Labute approximate surface area is 143 Å². The summed E-state index contributed by atoms with van der Waals surface area (Å²) in [6.07, 6.45) is 5.74. The molecule has 0 aromatic heterocycles. The van der Waals surface area contributed by atoms with E-state index in [0.717, 1.165) is 52.0 Å². The molecule has 2 saturated heterocycles. The number of halogens is 1. The zero-order valence-corrected chi connectivity index (χ0v) is 14.8. The van der Waals surface area contributed by atoms with Gasteiger partial charge in [-0.25, -0.2) is 0 Å². The molecule has 128 valence electrons. The molecule has 22 heavy (non-hydrogen) atoms. The minimum atomic E-state index is 0. The Morgan fingerprint density at radius 2 is 1.95 bits per heavy atom. The molecule has 0 bridgehead atoms. The van der Waals surface area contributed by atoms with Gasteiger partial charge in [-0.2, -0.15) is 0 Å². The minimum Gasteiger partial charge on any atom is -0.355 e. The predicted octanol–water partition coefficient (Wildman–Crippen LogP) is 1.27. The Bertz CT molecular complexity index is 346. The Kier molecular flexibility index (Phi) is 9.91. The van der Waals surface area contributed by atoms with Crippen molar-refractivity contribution in [3.05, 3.63) is 0 Å². The number of thioether (sulfide) groups is 1. The lowest BCUT2D eigenvalue weighted by Crippen LogP contribution is -2.37. The van der Waals surface area contributed by atoms with Crippen molar-refractivity contribution in [1.29, 1.82) is 0 Å². The second kappa shape index (κ2) is 11.1. The lowest BCUT2D eigenvalue weighted by Gasteiger charge is -2.26. The van der Waals surface area contributed by atoms with Gasteiger partial charge in [0, 0.05) is 19.6 Å². The standard InChI is InChI=1S/C15H27N3O2S.ClH/c19-14(17-7-5-13-4-6-16-10-13)11-21-12-15(20)18-8-2-1-3-9-18;/h13,16H,1-12H2,(H,17,19);1H. The second-order valence-electron chi connectivity index (χ2n) is 5.93. The molecule has 0 saturated carbocycles. The normalized spacial score (nSPS) is 21.3. The van der Waals surface area contributed by atoms with E-state index in [0.29, 0.717) is 17.4 Å². The van der Waals surface area contributed by atoms with E-state index in [1.54, 1.807) is 0 Å². The topological polar surface area (TPSA) is 61.4 Å². The number of rotatable bonds is 7. The first-order chi connectivity index (χ1) is 10.3. The van der Waals surface area contributed by atoms with Crippen molar-refractivity contribution in [2.24, 2.45) is 5.92 Å². The van der Waals surface area contributed by atoms with Crippen molar-refractivity contribution in [3.63, 3.8) is 0 Å². The van der Waals surface area contributed by atoms with Crippen molar-refractivity contribution in [1.82, 2.24) is 15.5 Å². The van der Waals surface area contributed by atoms with Gasteiger partial charge < -0.3 is 15.5 Å². The van der Waals surface area contributed by atoms with E-state index in [-0.39, 0.29) is 24.2 Å². The molecule has 2 rings (SSSR count). The van der Waals surface area contributed by atoms with Gasteiger partial charge >= 0.3 is 0 Å². The van der Waals surface area contributed by atoms with E-state index in [1.165, 1.54) is 24.6 Å². The van der Waals surface area contributed by atoms with Gasteiger partial charge in [0.05, 0.1) is 11.5 Å². The molecular formula is C15H28ClN3O2S.